The van der Waals surface area contributed by atoms with Crippen molar-refractivity contribution in [2.45, 2.75) is 32.5 Å². The molecule has 0 saturated carbocycles. The molecule has 3 aromatic carbocycles. The molecule has 0 amide bonds. The monoisotopic (exact) mass is 489 g/mol. The van der Waals surface area contributed by atoms with Crippen molar-refractivity contribution in [3.63, 3.8) is 0 Å². The van der Waals surface area contributed by atoms with Crippen molar-refractivity contribution in [1.82, 2.24) is 9.78 Å². The fraction of sp³-hybridized carbons (Fsp3) is 0.231. The molecule has 1 heterocycles. The van der Waals surface area contributed by atoms with Crippen molar-refractivity contribution >= 4 is 34.1 Å². The van der Waals surface area contributed by atoms with Crippen molar-refractivity contribution in [2.75, 3.05) is 0 Å². The Morgan fingerprint density at radius 1 is 0.970 bits per heavy atom. The molecule has 0 N–H and O–H groups in total. The van der Waals surface area contributed by atoms with E-state index < -0.39 is 11.7 Å². The van der Waals surface area contributed by atoms with E-state index in [-0.39, 0.29) is 11.1 Å². The van der Waals surface area contributed by atoms with Crippen molar-refractivity contribution in [3.05, 3.63) is 94.5 Å². The van der Waals surface area contributed by atoms with Crippen molar-refractivity contribution in [3.8, 4) is 11.1 Å². The molecular weight excluding hydrogens is 468 g/mol. The smallest absolute Gasteiger partial charge is 0.264 e. The van der Waals surface area contributed by atoms with Crippen LogP contribution in [0.1, 0.15) is 43.0 Å². The maximum absolute atomic E-state index is 13.0. The van der Waals surface area contributed by atoms with E-state index >= 15 is 0 Å². The Balaban J connectivity index is 1.79. The van der Waals surface area contributed by atoms with Crippen LogP contribution in [-0.2, 0) is 6.18 Å². The molecule has 1 unspecified atom stereocenters. The Hall–Kier alpha value is -2.50. The Labute approximate surface area is 200 Å². The molecule has 1 aromatic heterocycles. The zero-order valence-electron chi connectivity index (χ0n) is 18.1. The van der Waals surface area contributed by atoms with E-state index in [0.717, 1.165) is 29.7 Å². The SMILES string of the molecule is [CH2]c1ccc(C(CC(C)C)n2cc3c(Cl)c(-c4ccc(C(F)(F)F)cc4Cl)ccc3n2)cc1. The quantitative estimate of drug-likeness (QED) is 0.273. The number of hydrogen-bond donors (Lipinski definition) is 0. The summed E-state index contributed by atoms with van der Waals surface area (Å²) in [6.45, 7) is 8.27. The van der Waals surface area contributed by atoms with Gasteiger partial charge in [-0.25, -0.2) is 0 Å². The number of aromatic nitrogens is 2. The largest absolute Gasteiger partial charge is 0.416 e. The van der Waals surface area contributed by atoms with Gasteiger partial charge in [0.25, 0.3) is 0 Å². The topological polar surface area (TPSA) is 17.8 Å². The molecule has 0 aliphatic rings. The van der Waals surface area contributed by atoms with Gasteiger partial charge in [0, 0.05) is 27.7 Å². The predicted molar refractivity (Wildman–Crippen MR) is 129 cm³/mol. The van der Waals surface area contributed by atoms with Crippen LogP contribution in [0.5, 0.6) is 0 Å². The van der Waals surface area contributed by atoms with Gasteiger partial charge in [-0.2, -0.15) is 18.3 Å². The molecule has 4 rings (SSSR count). The van der Waals surface area contributed by atoms with E-state index in [1.54, 1.807) is 6.07 Å². The molecular formula is C26H22Cl2F3N2. The standard InChI is InChI=1S/C26H22Cl2F3N2/c1-15(2)12-24(17-6-4-16(3)5-7-17)33-14-21-23(32-33)11-10-20(25(21)28)19-9-8-18(13-22(19)27)26(29,30)31/h4-11,13-15,24H,3,12H2,1-2H3. The van der Waals surface area contributed by atoms with Gasteiger partial charge < -0.3 is 0 Å². The van der Waals surface area contributed by atoms with Crippen LogP contribution in [0.3, 0.4) is 0 Å². The van der Waals surface area contributed by atoms with Crippen LogP contribution in [0.4, 0.5) is 13.2 Å². The molecule has 2 nitrogen and oxygen atoms in total. The third-order valence-corrected chi connectivity index (χ3v) is 6.33. The van der Waals surface area contributed by atoms with Crippen LogP contribution >= 0.6 is 23.2 Å². The summed E-state index contributed by atoms with van der Waals surface area (Å²) < 4.78 is 41.0. The van der Waals surface area contributed by atoms with Crippen molar-refractivity contribution in [1.29, 1.82) is 0 Å². The molecule has 33 heavy (non-hydrogen) atoms. The number of rotatable bonds is 5. The van der Waals surface area contributed by atoms with Crippen molar-refractivity contribution in [2.24, 2.45) is 5.92 Å². The summed E-state index contributed by atoms with van der Waals surface area (Å²) in [5.74, 6) is 0.429. The first-order chi connectivity index (χ1) is 15.5. The average Bonchev–Trinajstić information content (AvgIpc) is 3.18. The third-order valence-electron chi connectivity index (χ3n) is 5.61. The lowest BCUT2D eigenvalue weighted by Crippen LogP contribution is -2.13. The number of benzene rings is 3. The van der Waals surface area contributed by atoms with Gasteiger partial charge >= 0.3 is 6.18 Å². The van der Waals surface area contributed by atoms with E-state index in [1.165, 1.54) is 6.07 Å². The highest BCUT2D eigenvalue weighted by Crippen LogP contribution is 2.40. The minimum atomic E-state index is -4.46. The molecule has 4 aromatic rings. The summed E-state index contributed by atoms with van der Waals surface area (Å²) in [6.07, 6.45) is -1.70. The zero-order chi connectivity index (χ0) is 23.9. The summed E-state index contributed by atoms with van der Waals surface area (Å²) >= 11 is 12.9. The van der Waals surface area contributed by atoms with E-state index in [4.69, 9.17) is 28.3 Å². The Morgan fingerprint density at radius 2 is 1.64 bits per heavy atom. The summed E-state index contributed by atoms with van der Waals surface area (Å²) in [5, 5.41) is 5.87. The van der Waals surface area contributed by atoms with Crippen LogP contribution in [0, 0.1) is 12.8 Å². The molecule has 7 heteroatoms. The second-order valence-corrected chi connectivity index (χ2v) is 9.33. The van der Waals surface area contributed by atoms with E-state index in [1.807, 2.05) is 29.1 Å². The lowest BCUT2D eigenvalue weighted by molar-refractivity contribution is -0.137. The molecule has 0 aliphatic carbocycles. The van der Waals surface area contributed by atoms with Crippen LogP contribution in [0.2, 0.25) is 10.0 Å². The van der Waals surface area contributed by atoms with Gasteiger partial charge in [-0.15, -0.1) is 0 Å². The number of fused-ring (bicyclic) bond motifs is 1. The second kappa shape index (κ2) is 9.03. The van der Waals surface area contributed by atoms with E-state index in [0.29, 0.717) is 33.0 Å². The number of alkyl halides is 3. The molecule has 171 valence electrons. The predicted octanol–water partition coefficient (Wildman–Crippen LogP) is 8.85. The maximum Gasteiger partial charge on any atom is 0.416 e. The molecule has 0 saturated heterocycles. The normalized spacial score (nSPS) is 13.1. The van der Waals surface area contributed by atoms with Gasteiger partial charge in [-0.05, 0) is 48.6 Å². The summed E-state index contributed by atoms with van der Waals surface area (Å²) in [5.41, 5.74) is 2.96. The van der Waals surface area contributed by atoms with Gasteiger partial charge in [-0.3, -0.25) is 4.68 Å². The highest BCUT2D eigenvalue weighted by Gasteiger charge is 2.31. The Morgan fingerprint density at radius 3 is 2.24 bits per heavy atom. The van der Waals surface area contributed by atoms with Crippen LogP contribution < -0.4 is 0 Å². The van der Waals surface area contributed by atoms with Crippen molar-refractivity contribution < 1.29 is 13.2 Å². The lowest BCUT2D eigenvalue weighted by atomic mass is 9.96. The zero-order valence-corrected chi connectivity index (χ0v) is 19.6. The number of nitrogens with zero attached hydrogens (tertiary/aromatic N) is 2. The second-order valence-electron chi connectivity index (χ2n) is 8.55. The van der Waals surface area contributed by atoms with Gasteiger partial charge in [-0.1, -0.05) is 73.4 Å². The van der Waals surface area contributed by atoms with Crippen LogP contribution in [0.25, 0.3) is 22.0 Å². The maximum atomic E-state index is 13.0. The van der Waals surface area contributed by atoms with E-state index in [9.17, 15) is 13.2 Å². The lowest BCUT2D eigenvalue weighted by Gasteiger charge is -2.20. The first kappa shape index (κ1) is 23.7. The first-order valence-corrected chi connectivity index (χ1v) is 11.3. The van der Waals surface area contributed by atoms with Crippen LogP contribution in [-0.4, -0.2) is 9.78 Å². The van der Waals surface area contributed by atoms with Gasteiger partial charge in [0.2, 0.25) is 0 Å². The molecule has 0 spiro atoms. The fourth-order valence-electron chi connectivity index (χ4n) is 3.94. The Kier molecular flexibility index (Phi) is 6.47. The molecule has 0 bridgehead atoms. The molecule has 0 aliphatic heterocycles. The molecule has 1 atom stereocenters. The highest BCUT2D eigenvalue weighted by atomic mass is 35.5. The number of halogens is 5. The van der Waals surface area contributed by atoms with Gasteiger partial charge in [0.05, 0.1) is 22.1 Å². The van der Waals surface area contributed by atoms with Gasteiger partial charge in [0.15, 0.2) is 0 Å². The van der Waals surface area contributed by atoms with Gasteiger partial charge in [0.1, 0.15) is 0 Å². The summed E-state index contributed by atoms with van der Waals surface area (Å²) in [7, 11) is 0. The third kappa shape index (κ3) is 4.90. The first-order valence-electron chi connectivity index (χ1n) is 10.5. The average molecular weight is 490 g/mol. The Bertz CT molecular complexity index is 1290. The van der Waals surface area contributed by atoms with Crippen LogP contribution in [0.15, 0.2) is 60.8 Å². The summed E-state index contributed by atoms with van der Waals surface area (Å²) in [6, 6.07) is 14.9. The molecule has 1 radical (unpaired) electrons. The minimum absolute atomic E-state index is 0.00664. The number of hydrogen-bond acceptors (Lipinski definition) is 1. The highest BCUT2D eigenvalue weighted by molar-refractivity contribution is 6.39. The fourth-order valence-corrected chi connectivity index (χ4v) is 4.53. The molecule has 0 fully saturated rings. The minimum Gasteiger partial charge on any atom is -0.264 e. The van der Waals surface area contributed by atoms with E-state index in [2.05, 4.69) is 32.9 Å². The summed E-state index contributed by atoms with van der Waals surface area (Å²) in [4.78, 5) is 0.